The fourth-order valence-electron chi connectivity index (χ4n) is 4.06. The number of benzene rings is 2. The maximum Gasteiger partial charge on any atom is 0.165 e. The predicted octanol–water partition coefficient (Wildman–Crippen LogP) is 3.83. The first-order valence-corrected chi connectivity index (χ1v) is 11.5. The van der Waals surface area contributed by atoms with Gasteiger partial charge in [0, 0.05) is 23.1 Å². The first-order chi connectivity index (χ1) is 17.0. The summed E-state index contributed by atoms with van der Waals surface area (Å²) >= 11 is 0. The summed E-state index contributed by atoms with van der Waals surface area (Å²) in [7, 11) is 0. The van der Waals surface area contributed by atoms with Crippen LogP contribution in [0.3, 0.4) is 0 Å². The molecule has 0 saturated carbocycles. The Morgan fingerprint density at radius 1 is 1.22 bits per heavy atom. The van der Waals surface area contributed by atoms with E-state index in [1.165, 1.54) is 24.3 Å². The Morgan fingerprint density at radius 3 is 2.61 bits per heavy atom. The molecule has 0 spiro atoms. The summed E-state index contributed by atoms with van der Waals surface area (Å²) in [5.74, 6) is -1.06. The van der Waals surface area contributed by atoms with Crippen molar-refractivity contribution in [2.75, 3.05) is 19.8 Å². The highest BCUT2D eigenvalue weighted by atomic mass is 19.1. The van der Waals surface area contributed by atoms with Gasteiger partial charge in [0.15, 0.2) is 23.1 Å². The Balaban J connectivity index is 1.59. The van der Waals surface area contributed by atoms with Crippen molar-refractivity contribution in [3.63, 3.8) is 0 Å². The van der Waals surface area contributed by atoms with Crippen molar-refractivity contribution in [2.24, 2.45) is 5.73 Å². The fourth-order valence-corrected chi connectivity index (χ4v) is 4.06. The van der Waals surface area contributed by atoms with Gasteiger partial charge < -0.3 is 25.4 Å². The predicted molar refractivity (Wildman–Crippen MR) is 129 cm³/mol. The number of Topliss-reactive ketones (excluding diaryl/α,β-unsaturated/α-hetero) is 1. The lowest BCUT2D eigenvalue weighted by Crippen LogP contribution is -2.35. The van der Waals surface area contributed by atoms with Crippen LogP contribution >= 0.6 is 0 Å². The molecule has 0 bridgehead atoms. The van der Waals surface area contributed by atoms with Gasteiger partial charge in [0.2, 0.25) is 0 Å². The second-order valence-corrected chi connectivity index (χ2v) is 9.36. The van der Waals surface area contributed by atoms with E-state index in [9.17, 15) is 18.7 Å². The van der Waals surface area contributed by atoms with Gasteiger partial charge >= 0.3 is 0 Å². The van der Waals surface area contributed by atoms with Crippen molar-refractivity contribution in [1.29, 1.82) is 0 Å². The zero-order chi connectivity index (χ0) is 26.1. The van der Waals surface area contributed by atoms with Crippen LogP contribution in [0.1, 0.15) is 48.3 Å². The SMILES string of the molecule is CC1(N)COc2c1cc(C(C)(O)CCC(=O)c1ccc(OCCO)c(F)c1)nc2-c1ccc(F)cc1. The summed E-state index contributed by atoms with van der Waals surface area (Å²) in [5, 5.41) is 20.1. The van der Waals surface area contributed by atoms with Crippen LogP contribution in [0.15, 0.2) is 48.5 Å². The number of ether oxygens (including phenoxy) is 2. The van der Waals surface area contributed by atoms with E-state index in [4.69, 9.17) is 20.3 Å². The number of rotatable bonds is 9. The number of aliphatic hydroxyl groups is 2. The number of carbonyl (C=O) groups is 1. The highest BCUT2D eigenvalue weighted by molar-refractivity contribution is 5.96. The molecule has 190 valence electrons. The number of carbonyl (C=O) groups excluding carboxylic acids is 1. The van der Waals surface area contributed by atoms with E-state index in [0.717, 1.165) is 6.07 Å². The average Bonchev–Trinajstić information content (AvgIpc) is 3.16. The Bertz CT molecular complexity index is 1280. The molecule has 4 N–H and O–H groups in total. The summed E-state index contributed by atoms with van der Waals surface area (Å²) < 4.78 is 38.6. The molecule has 0 aliphatic carbocycles. The van der Waals surface area contributed by atoms with E-state index in [2.05, 4.69) is 4.98 Å². The maximum absolute atomic E-state index is 14.2. The number of halogens is 2. The van der Waals surface area contributed by atoms with Crippen molar-refractivity contribution in [1.82, 2.24) is 4.98 Å². The van der Waals surface area contributed by atoms with Crippen molar-refractivity contribution >= 4 is 5.78 Å². The van der Waals surface area contributed by atoms with E-state index in [1.54, 1.807) is 32.0 Å². The molecule has 0 fully saturated rings. The first kappa shape index (κ1) is 25.7. The average molecular weight is 499 g/mol. The topological polar surface area (TPSA) is 115 Å². The Morgan fingerprint density at radius 2 is 1.94 bits per heavy atom. The van der Waals surface area contributed by atoms with Crippen LogP contribution in [0.5, 0.6) is 11.5 Å². The zero-order valence-electron chi connectivity index (χ0n) is 20.1. The van der Waals surface area contributed by atoms with Crippen LogP contribution in [-0.2, 0) is 11.1 Å². The number of hydrogen-bond acceptors (Lipinski definition) is 7. The lowest BCUT2D eigenvalue weighted by Gasteiger charge is -2.25. The number of ketones is 1. The molecule has 1 aliphatic rings. The van der Waals surface area contributed by atoms with E-state index in [-0.39, 0.29) is 55.5 Å². The van der Waals surface area contributed by atoms with Crippen molar-refractivity contribution in [3.05, 3.63) is 77.0 Å². The monoisotopic (exact) mass is 498 g/mol. The quantitative estimate of drug-likeness (QED) is 0.384. The summed E-state index contributed by atoms with van der Waals surface area (Å²) in [5.41, 5.74) is 6.15. The van der Waals surface area contributed by atoms with Gasteiger partial charge in [-0.25, -0.2) is 13.8 Å². The lowest BCUT2D eigenvalue weighted by atomic mass is 9.88. The molecule has 36 heavy (non-hydrogen) atoms. The summed E-state index contributed by atoms with van der Waals surface area (Å²) in [6, 6.07) is 11.3. The molecule has 4 rings (SSSR count). The molecule has 2 atom stereocenters. The molecule has 2 aromatic carbocycles. The number of fused-ring (bicyclic) bond motifs is 1. The van der Waals surface area contributed by atoms with E-state index >= 15 is 0 Å². The molecule has 2 heterocycles. The number of aromatic nitrogens is 1. The highest BCUT2D eigenvalue weighted by Gasteiger charge is 2.38. The van der Waals surface area contributed by atoms with Gasteiger partial charge in [-0.1, -0.05) is 0 Å². The molecule has 9 heteroatoms. The van der Waals surface area contributed by atoms with Gasteiger partial charge in [-0.05, 0) is 68.8 Å². The number of nitrogens with two attached hydrogens (primary N) is 1. The third-order valence-electron chi connectivity index (χ3n) is 6.22. The van der Waals surface area contributed by atoms with Gasteiger partial charge in [0.05, 0.1) is 17.8 Å². The van der Waals surface area contributed by atoms with Crippen LogP contribution in [0.25, 0.3) is 11.3 Å². The van der Waals surface area contributed by atoms with Gasteiger partial charge in [-0.3, -0.25) is 4.79 Å². The standard InChI is InChI=1S/C27H28F2N2O5/c1-26(30)15-36-25-19(26)14-23(31-24(25)16-3-6-18(28)7-4-16)27(2,34)10-9-21(33)17-5-8-22(20(29)13-17)35-12-11-32/h3-8,13-14,32,34H,9-12,15,30H2,1-2H3. The molecule has 0 amide bonds. The van der Waals surface area contributed by atoms with Gasteiger partial charge in [0.25, 0.3) is 0 Å². The van der Waals surface area contributed by atoms with Crippen LogP contribution in [0.4, 0.5) is 8.78 Å². The Hall–Kier alpha value is -3.40. The highest BCUT2D eigenvalue weighted by Crippen LogP contribution is 2.43. The van der Waals surface area contributed by atoms with Crippen LogP contribution in [0, 0.1) is 11.6 Å². The minimum atomic E-state index is -1.53. The van der Waals surface area contributed by atoms with Crippen LogP contribution < -0.4 is 15.2 Å². The molecule has 2 unspecified atom stereocenters. The molecule has 1 aromatic heterocycles. The van der Waals surface area contributed by atoms with Gasteiger partial charge in [0.1, 0.15) is 30.3 Å². The van der Waals surface area contributed by atoms with Crippen molar-refractivity contribution in [3.8, 4) is 22.8 Å². The minimum absolute atomic E-state index is 0.00695. The second-order valence-electron chi connectivity index (χ2n) is 9.36. The second kappa shape index (κ2) is 9.93. The molecular formula is C27H28F2N2O5. The first-order valence-electron chi connectivity index (χ1n) is 11.5. The largest absolute Gasteiger partial charge is 0.489 e. The smallest absolute Gasteiger partial charge is 0.165 e. The number of pyridine rings is 1. The van der Waals surface area contributed by atoms with Gasteiger partial charge in [-0.2, -0.15) is 0 Å². The zero-order valence-corrected chi connectivity index (χ0v) is 20.1. The van der Waals surface area contributed by atoms with Crippen LogP contribution in [-0.4, -0.2) is 40.8 Å². The maximum atomic E-state index is 14.2. The molecule has 1 aliphatic heterocycles. The van der Waals surface area contributed by atoms with E-state index in [0.29, 0.717) is 22.6 Å². The Labute approximate surface area is 207 Å². The normalized spacial score (nSPS) is 18.3. The molecule has 7 nitrogen and oxygen atoms in total. The third kappa shape index (κ3) is 5.23. The summed E-state index contributed by atoms with van der Waals surface area (Å²) in [6.45, 7) is 3.24. The van der Waals surface area contributed by atoms with Crippen LogP contribution in [0.2, 0.25) is 0 Å². The molecular weight excluding hydrogens is 470 g/mol. The lowest BCUT2D eigenvalue weighted by molar-refractivity contribution is 0.0396. The summed E-state index contributed by atoms with van der Waals surface area (Å²) in [6.07, 6.45) is -0.0721. The fraction of sp³-hybridized carbons (Fsp3) is 0.333. The number of nitrogens with zero attached hydrogens (tertiary/aromatic N) is 1. The Kier molecular flexibility index (Phi) is 7.08. The van der Waals surface area contributed by atoms with E-state index < -0.39 is 22.8 Å². The molecule has 3 aromatic rings. The minimum Gasteiger partial charge on any atom is -0.489 e. The number of aliphatic hydroxyl groups excluding tert-OH is 1. The van der Waals surface area contributed by atoms with Gasteiger partial charge in [-0.15, -0.1) is 0 Å². The summed E-state index contributed by atoms with van der Waals surface area (Å²) in [4.78, 5) is 17.4. The third-order valence-corrected chi connectivity index (χ3v) is 6.22. The van der Waals surface area contributed by atoms with E-state index in [1.807, 2.05) is 0 Å². The molecule has 0 radical (unpaired) electrons. The number of hydrogen-bond donors (Lipinski definition) is 3. The van der Waals surface area contributed by atoms with Crippen molar-refractivity contribution in [2.45, 2.75) is 37.8 Å². The van der Waals surface area contributed by atoms with Crippen molar-refractivity contribution < 1.29 is 33.3 Å². The molecule has 0 saturated heterocycles.